The molecule has 1 saturated carbocycles. The van der Waals surface area contributed by atoms with Gasteiger partial charge in [-0.15, -0.1) is 0 Å². The van der Waals surface area contributed by atoms with Gasteiger partial charge in [0.1, 0.15) is 5.75 Å². The third kappa shape index (κ3) is 2.89. The van der Waals surface area contributed by atoms with Crippen LogP contribution in [0.3, 0.4) is 0 Å². The van der Waals surface area contributed by atoms with Crippen molar-refractivity contribution in [2.45, 2.75) is 44.4 Å². The van der Waals surface area contributed by atoms with Crippen LogP contribution >= 0.6 is 0 Å². The van der Waals surface area contributed by atoms with Crippen LogP contribution in [0.1, 0.15) is 53.3 Å². The Morgan fingerprint density at radius 3 is 2.55 bits per heavy atom. The number of nitrogens with two attached hydrogens (primary N) is 1. The van der Waals surface area contributed by atoms with Crippen molar-refractivity contribution in [3.05, 3.63) is 23.0 Å². The zero-order valence-corrected chi connectivity index (χ0v) is 11.6. The lowest BCUT2D eigenvalue weighted by atomic mass is 9.84. The van der Waals surface area contributed by atoms with Gasteiger partial charge in [-0.05, 0) is 25.8 Å². The molecule has 0 spiro atoms. The largest absolute Gasteiger partial charge is 0.495 e. The number of primary amides is 1. The Kier molecular flexibility index (Phi) is 3.92. The number of hydrogen-bond donors (Lipinski definition) is 1. The van der Waals surface area contributed by atoms with E-state index >= 15 is 0 Å². The Balaban J connectivity index is 2.32. The summed E-state index contributed by atoms with van der Waals surface area (Å²) in [6.45, 7) is 1.68. The minimum absolute atomic E-state index is 0.0646. The summed E-state index contributed by atoms with van der Waals surface area (Å²) in [5, 5.41) is 0. The molecule has 1 amide bonds. The van der Waals surface area contributed by atoms with E-state index in [1.165, 1.54) is 7.11 Å². The minimum Gasteiger partial charge on any atom is -0.495 e. The molecule has 1 fully saturated rings. The van der Waals surface area contributed by atoms with Gasteiger partial charge in [0.25, 0.3) is 5.91 Å². The highest BCUT2D eigenvalue weighted by Gasteiger charge is 2.37. The van der Waals surface area contributed by atoms with Crippen molar-refractivity contribution in [1.29, 1.82) is 0 Å². The van der Waals surface area contributed by atoms with Crippen LogP contribution in [-0.4, -0.2) is 23.9 Å². The molecular weight excluding hydrogens is 266 g/mol. The number of aryl methyl sites for hydroxylation is 1. The van der Waals surface area contributed by atoms with Crippen LogP contribution in [0.25, 0.3) is 0 Å². The van der Waals surface area contributed by atoms with Crippen LogP contribution in [0.4, 0.5) is 8.78 Å². The molecule has 0 bridgehead atoms. The first kappa shape index (κ1) is 14.7. The number of carbonyl (C=O) groups excluding carboxylic acids is 1. The van der Waals surface area contributed by atoms with Crippen LogP contribution in [0.2, 0.25) is 0 Å². The van der Waals surface area contributed by atoms with E-state index < -0.39 is 11.8 Å². The van der Waals surface area contributed by atoms with E-state index in [-0.39, 0.29) is 18.8 Å². The number of nitrogens with zero attached hydrogens (tertiary/aromatic N) is 1. The summed E-state index contributed by atoms with van der Waals surface area (Å²) in [5.74, 6) is -2.77. The lowest BCUT2D eigenvalue weighted by molar-refractivity contribution is -0.0386. The number of pyridine rings is 1. The summed E-state index contributed by atoms with van der Waals surface area (Å²) >= 11 is 0. The molecule has 1 aromatic rings. The molecule has 0 aliphatic heterocycles. The second-order valence-corrected chi connectivity index (χ2v) is 5.20. The smallest absolute Gasteiger partial charge is 0.250 e. The minimum atomic E-state index is -2.58. The zero-order chi connectivity index (χ0) is 14.9. The zero-order valence-electron chi connectivity index (χ0n) is 11.6. The topological polar surface area (TPSA) is 65.2 Å². The monoisotopic (exact) mass is 284 g/mol. The number of rotatable bonds is 3. The number of aromatic nitrogens is 1. The molecule has 1 heterocycles. The highest BCUT2D eigenvalue weighted by atomic mass is 19.3. The van der Waals surface area contributed by atoms with Crippen molar-refractivity contribution in [2.75, 3.05) is 7.11 Å². The third-order valence-electron chi connectivity index (χ3n) is 3.80. The standard InChI is InChI=1S/C14H18F2N2O2/c1-8-10(13(17)19)7-11(20-2)12(18-8)9-3-5-14(15,16)6-4-9/h7,9H,3-6H2,1-2H3,(H2,17,19). The second-order valence-electron chi connectivity index (χ2n) is 5.20. The van der Waals surface area contributed by atoms with Crippen molar-refractivity contribution in [3.63, 3.8) is 0 Å². The maximum absolute atomic E-state index is 13.2. The van der Waals surface area contributed by atoms with E-state index in [0.717, 1.165) is 0 Å². The number of halogens is 2. The Bertz CT molecular complexity index is 522. The van der Waals surface area contributed by atoms with Gasteiger partial charge in [-0.25, -0.2) is 8.78 Å². The molecule has 0 saturated heterocycles. The Hall–Kier alpha value is -1.72. The van der Waals surface area contributed by atoms with Crippen LogP contribution in [0.15, 0.2) is 6.07 Å². The van der Waals surface area contributed by atoms with E-state index in [0.29, 0.717) is 35.5 Å². The summed E-state index contributed by atoms with van der Waals surface area (Å²) < 4.78 is 31.7. The highest BCUT2D eigenvalue weighted by molar-refractivity contribution is 5.94. The number of alkyl halides is 2. The normalized spacial score (nSPS) is 18.8. The van der Waals surface area contributed by atoms with Crippen molar-refractivity contribution < 1.29 is 18.3 Å². The average Bonchev–Trinajstić information content (AvgIpc) is 2.38. The van der Waals surface area contributed by atoms with Crippen LogP contribution in [-0.2, 0) is 0 Å². The van der Waals surface area contributed by atoms with Gasteiger partial charge in [0.15, 0.2) is 0 Å². The molecule has 0 atom stereocenters. The van der Waals surface area contributed by atoms with Gasteiger partial charge in [0.2, 0.25) is 5.92 Å². The predicted octanol–water partition coefficient (Wildman–Crippen LogP) is 2.79. The lowest BCUT2D eigenvalue weighted by Crippen LogP contribution is -2.24. The highest BCUT2D eigenvalue weighted by Crippen LogP contribution is 2.42. The van der Waals surface area contributed by atoms with E-state index in [1.807, 2.05) is 0 Å². The second kappa shape index (κ2) is 5.34. The fourth-order valence-electron chi connectivity index (χ4n) is 2.62. The van der Waals surface area contributed by atoms with Crippen LogP contribution in [0.5, 0.6) is 5.75 Å². The van der Waals surface area contributed by atoms with Crippen molar-refractivity contribution in [1.82, 2.24) is 4.98 Å². The summed E-state index contributed by atoms with van der Waals surface area (Å²) in [6, 6.07) is 1.55. The molecule has 0 radical (unpaired) electrons. The predicted molar refractivity (Wildman–Crippen MR) is 70.2 cm³/mol. The first-order chi connectivity index (χ1) is 9.34. The van der Waals surface area contributed by atoms with Crippen molar-refractivity contribution in [2.24, 2.45) is 5.73 Å². The fourth-order valence-corrected chi connectivity index (χ4v) is 2.62. The molecule has 0 unspecified atom stereocenters. The SMILES string of the molecule is COc1cc(C(N)=O)c(C)nc1C1CCC(F)(F)CC1. The molecule has 2 rings (SSSR count). The van der Waals surface area contributed by atoms with E-state index in [2.05, 4.69) is 4.98 Å². The van der Waals surface area contributed by atoms with Crippen molar-refractivity contribution in [3.8, 4) is 5.75 Å². The van der Waals surface area contributed by atoms with Crippen LogP contribution in [0, 0.1) is 6.92 Å². The number of ether oxygens (including phenoxy) is 1. The van der Waals surface area contributed by atoms with Crippen molar-refractivity contribution >= 4 is 5.91 Å². The number of methoxy groups -OCH3 is 1. The Labute approximate surface area is 116 Å². The van der Waals surface area contributed by atoms with Gasteiger partial charge < -0.3 is 10.5 Å². The summed E-state index contributed by atoms with van der Waals surface area (Å²) in [7, 11) is 1.47. The molecular formula is C14H18F2N2O2. The molecule has 1 aliphatic carbocycles. The molecule has 2 N–H and O–H groups in total. The van der Waals surface area contributed by atoms with Gasteiger partial charge in [0, 0.05) is 18.8 Å². The molecule has 4 nitrogen and oxygen atoms in total. The number of carbonyl (C=O) groups is 1. The molecule has 110 valence electrons. The fraction of sp³-hybridized carbons (Fsp3) is 0.571. The number of amides is 1. The number of hydrogen-bond acceptors (Lipinski definition) is 3. The van der Waals surface area contributed by atoms with Gasteiger partial charge in [0.05, 0.1) is 24.1 Å². The lowest BCUT2D eigenvalue weighted by Gasteiger charge is -2.29. The van der Waals surface area contributed by atoms with E-state index in [4.69, 9.17) is 10.5 Å². The molecule has 1 aromatic heterocycles. The Morgan fingerprint density at radius 1 is 1.45 bits per heavy atom. The first-order valence-corrected chi connectivity index (χ1v) is 6.57. The molecule has 6 heteroatoms. The molecule has 1 aliphatic rings. The summed E-state index contributed by atoms with van der Waals surface area (Å²) in [6.07, 6.45) is 0.454. The van der Waals surface area contributed by atoms with E-state index in [1.54, 1.807) is 13.0 Å². The maximum Gasteiger partial charge on any atom is 0.250 e. The average molecular weight is 284 g/mol. The summed E-state index contributed by atoms with van der Waals surface area (Å²) in [5.41, 5.74) is 6.72. The van der Waals surface area contributed by atoms with Gasteiger partial charge in [-0.3, -0.25) is 9.78 Å². The quantitative estimate of drug-likeness (QED) is 0.928. The Morgan fingerprint density at radius 2 is 2.05 bits per heavy atom. The molecule has 0 aromatic carbocycles. The van der Waals surface area contributed by atoms with E-state index in [9.17, 15) is 13.6 Å². The van der Waals surface area contributed by atoms with Crippen LogP contribution < -0.4 is 10.5 Å². The first-order valence-electron chi connectivity index (χ1n) is 6.57. The molecule has 20 heavy (non-hydrogen) atoms. The van der Waals surface area contributed by atoms with Gasteiger partial charge in [-0.1, -0.05) is 0 Å². The summed E-state index contributed by atoms with van der Waals surface area (Å²) in [4.78, 5) is 15.7. The van der Waals surface area contributed by atoms with Gasteiger partial charge in [-0.2, -0.15) is 0 Å². The third-order valence-corrected chi connectivity index (χ3v) is 3.80. The maximum atomic E-state index is 13.2. The van der Waals surface area contributed by atoms with Gasteiger partial charge >= 0.3 is 0 Å².